The van der Waals surface area contributed by atoms with Gasteiger partial charge in [0.25, 0.3) is 5.91 Å². The highest BCUT2D eigenvalue weighted by Gasteiger charge is 2.11. The summed E-state index contributed by atoms with van der Waals surface area (Å²) >= 11 is 0. The van der Waals surface area contributed by atoms with Crippen LogP contribution in [0, 0.1) is 11.3 Å². The van der Waals surface area contributed by atoms with E-state index in [1.54, 1.807) is 31.3 Å². The van der Waals surface area contributed by atoms with E-state index in [9.17, 15) is 4.79 Å². The molecule has 1 aromatic rings. The van der Waals surface area contributed by atoms with Crippen molar-refractivity contribution in [2.45, 2.75) is 26.2 Å². The molecule has 0 aliphatic carbocycles. The van der Waals surface area contributed by atoms with E-state index >= 15 is 0 Å². The van der Waals surface area contributed by atoms with Crippen molar-refractivity contribution in [3.63, 3.8) is 0 Å². The minimum absolute atomic E-state index is 0.0804. The number of likely N-dealkylation sites (N-methyl/N-ethyl adjacent to an activating group) is 1. The Morgan fingerprint density at radius 1 is 1.42 bits per heavy atom. The van der Waals surface area contributed by atoms with Crippen molar-refractivity contribution in [3.05, 3.63) is 29.8 Å². The fourth-order valence-corrected chi connectivity index (χ4v) is 1.64. The Hall–Kier alpha value is -1.86. The van der Waals surface area contributed by atoms with Gasteiger partial charge in [0.2, 0.25) is 0 Å². The van der Waals surface area contributed by atoms with Crippen molar-refractivity contribution in [2.24, 2.45) is 0 Å². The van der Waals surface area contributed by atoms with Gasteiger partial charge in [-0.2, -0.15) is 5.26 Å². The first-order chi connectivity index (χ1) is 9.19. The predicted octanol–water partition coefficient (Wildman–Crippen LogP) is 2.73. The van der Waals surface area contributed by atoms with Gasteiger partial charge in [0.15, 0.2) is 0 Å². The molecule has 1 amide bonds. The van der Waals surface area contributed by atoms with Crippen LogP contribution in [0.4, 0.5) is 5.69 Å². The van der Waals surface area contributed by atoms with Gasteiger partial charge in [-0.05, 0) is 24.6 Å². The number of rotatable bonds is 7. The van der Waals surface area contributed by atoms with E-state index in [1.165, 1.54) is 4.90 Å². The molecule has 0 bridgehead atoms. The maximum Gasteiger partial charge on any atom is 0.252 e. The van der Waals surface area contributed by atoms with Crippen LogP contribution in [-0.2, 0) is 9.53 Å². The van der Waals surface area contributed by atoms with E-state index in [0.29, 0.717) is 17.9 Å². The van der Waals surface area contributed by atoms with Gasteiger partial charge in [0.05, 0.1) is 11.6 Å². The van der Waals surface area contributed by atoms with Crippen LogP contribution in [0.1, 0.15) is 31.7 Å². The van der Waals surface area contributed by atoms with E-state index in [-0.39, 0.29) is 12.5 Å². The molecule has 0 N–H and O–H groups in total. The third-order valence-corrected chi connectivity index (χ3v) is 2.85. The van der Waals surface area contributed by atoms with Crippen molar-refractivity contribution in [3.8, 4) is 6.07 Å². The number of carbonyl (C=O) groups is 1. The standard InChI is InChI=1S/C15H20N2O2/c1-3-4-5-9-19-12-15(18)17(2)14-8-6-7-13(10-14)11-16/h6-8,10H,3-5,9,12H2,1-2H3. The molecule has 0 unspecified atom stereocenters. The van der Waals surface area contributed by atoms with Gasteiger partial charge in [-0.15, -0.1) is 0 Å². The van der Waals surface area contributed by atoms with Gasteiger partial charge in [-0.1, -0.05) is 25.8 Å². The molecule has 19 heavy (non-hydrogen) atoms. The maximum atomic E-state index is 11.9. The molecule has 0 aliphatic heterocycles. The Morgan fingerprint density at radius 2 is 2.21 bits per heavy atom. The summed E-state index contributed by atoms with van der Waals surface area (Å²) in [6, 6.07) is 9.02. The first-order valence-corrected chi connectivity index (χ1v) is 6.53. The fraction of sp³-hybridized carbons (Fsp3) is 0.467. The van der Waals surface area contributed by atoms with Crippen molar-refractivity contribution < 1.29 is 9.53 Å². The smallest absolute Gasteiger partial charge is 0.252 e. The maximum absolute atomic E-state index is 11.9. The summed E-state index contributed by atoms with van der Waals surface area (Å²) in [4.78, 5) is 13.4. The quantitative estimate of drug-likeness (QED) is 0.708. The van der Waals surface area contributed by atoms with Crippen LogP contribution in [0.25, 0.3) is 0 Å². The molecule has 0 spiro atoms. The lowest BCUT2D eigenvalue weighted by Gasteiger charge is -2.17. The van der Waals surface area contributed by atoms with Gasteiger partial charge in [0, 0.05) is 19.3 Å². The lowest BCUT2D eigenvalue weighted by atomic mass is 10.2. The second kappa shape index (κ2) is 8.28. The second-order valence-electron chi connectivity index (χ2n) is 4.37. The zero-order chi connectivity index (χ0) is 14.1. The first kappa shape index (κ1) is 15.2. The molecule has 0 aromatic heterocycles. The van der Waals surface area contributed by atoms with Gasteiger partial charge in [0.1, 0.15) is 6.61 Å². The normalized spacial score (nSPS) is 9.95. The first-order valence-electron chi connectivity index (χ1n) is 6.53. The van der Waals surface area contributed by atoms with Crippen molar-refractivity contribution in [2.75, 3.05) is 25.2 Å². The van der Waals surface area contributed by atoms with Crippen LogP contribution in [0.15, 0.2) is 24.3 Å². The summed E-state index contributed by atoms with van der Waals surface area (Å²) in [6.45, 7) is 2.82. The Balaban J connectivity index is 2.45. The third-order valence-electron chi connectivity index (χ3n) is 2.85. The predicted molar refractivity (Wildman–Crippen MR) is 74.9 cm³/mol. The van der Waals surface area contributed by atoms with Crippen molar-refractivity contribution >= 4 is 11.6 Å². The number of anilines is 1. The fourth-order valence-electron chi connectivity index (χ4n) is 1.64. The second-order valence-corrected chi connectivity index (χ2v) is 4.37. The van der Waals surface area contributed by atoms with Gasteiger partial charge in [-0.25, -0.2) is 0 Å². The van der Waals surface area contributed by atoms with Crippen LogP contribution in [0.5, 0.6) is 0 Å². The molecule has 0 saturated heterocycles. The monoisotopic (exact) mass is 260 g/mol. The molecule has 0 atom stereocenters. The van der Waals surface area contributed by atoms with Crippen molar-refractivity contribution in [1.82, 2.24) is 0 Å². The molecule has 0 heterocycles. The van der Waals surface area contributed by atoms with E-state index in [1.807, 2.05) is 0 Å². The number of nitrogens with zero attached hydrogens (tertiary/aromatic N) is 2. The molecule has 4 nitrogen and oxygen atoms in total. The number of hydrogen-bond acceptors (Lipinski definition) is 3. The Kier molecular flexibility index (Phi) is 6.62. The summed E-state index contributed by atoms with van der Waals surface area (Å²) in [5.41, 5.74) is 1.25. The molecule has 102 valence electrons. The third kappa shape index (κ3) is 5.11. The zero-order valence-electron chi connectivity index (χ0n) is 11.6. The molecule has 0 fully saturated rings. The lowest BCUT2D eigenvalue weighted by Crippen LogP contribution is -2.30. The topological polar surface area (TPSA) is 53.3 Å². The Bertz CT molecular complexity index is 452. The Labute approximate surface area is 114 Å². The van der Waals surface area contributed by atoms with Gasteiger partial charge < -0.3 is 9.64 Å². The molecule has 0 aliphatic rings. The molecule has 0 radical (unpaired) electrons. The largest absolute Gasteiger partial charge is 0.372 e. The van der Waals surface area contributed by atoms with E-state index in [4.69, 9.17) is 10.00 Å². The van der Waals surface area contributed by atoms with E-state index in [2.05, 4.69) is 13.0 Å². The molecule has 1 rings (SSSR count). The highest BCUT2D eigenvalue weighted by Crippen LogP contribution is 2.14. The van der Waals surface area contributed by atoms with E-state index < -0.39 is 0 Å². The summed E-state index contributed by atoms with van der Waals surface area (Å²) in [5.74, 6) is -0.105. The zero-order valence-corrected chi connectivity index (χ0v) is 11.6. The number of carbonyl (C=O) groups excluding carboxylic acids is 1. The Morgan fingerprint density at radius 3 is 2.89 bits per heavy atom. The molecular formula is C15H20N2O2. The van der Waals surface area contributed by atoms with Gasteiger partial charge in [-0.3, -0.25) is 4.79 Å². The van der Waals surface area contributed by atoms with E-state index in [0.717, 1.165) is 19.3 Å². The van der Waals surface area contributed by atoms with Crippen LogP contribution in [0.3, 0.4) is 0 Å². The number of unbranched alkanes of at least 4 members (excludes halogenated alkanes) is 2. The number of benzene rings is 1. The molecular weight excluding hydrogens is 240 g/mol. The van der Waals surface area contributed by atoms with Crippen LogP contribution in [-0.4, -0.2) is 26.2 Å². The SMILES string of the molecule is CCCCCOCC(=O)N(C)c1cccc(C#N)c1. The molecule has 1 aromatic carbocycles. The highest BCUT2D eigenvalue weighted by molar-refractivity contribution is 5.93. The lowest BCUT2D eigenvalue weighted by molar-refractivity contribution is -0.122. The van der Waals surface area contributed by atoms with Crippen LogP contribution < -0.4 is 4.90 Å². The summed E-state index contributed by atoms with van der Waals surface area (Å²) in [7, 11) is 1.69. The van der Waals surface area contributed by atoms with Crippen molar-refractivity contribution in [1.29, 1.82) is 5.26 Å². The summed E-state index contributed by atoms with van der Waals surface area (Å²) < 4.78 is 5.34. The summed E-state index contributed by atoms with van der Waals surface area (Å²) in [5, 5.41) is 8.83. The highest BCUT2D eigenvalue weighted by atomic mass is 16.5. The minimum Gasteiger partial charge on any atom is -0.372 e. The molecule has 0 saturated carbocycles. The van der Waals surface area contributed by atoms with Crippen LogP contribution in [0.2, 0.25) is 0 Å². The summed E-state index contributed by atoms with van der Waals surface area (Å²) in [6.07, 6.45) is 3.24. The van der Waals surface area contributed by atoms with Gasteiger partial charge >= 0.3 is 0 Å². The average Bonchev–Trinajstić information content (AvgIpc) is 2.46. The number of nitriles is 1. The number of ether oxygens (including phenoxy) is 1. The number of hydrogen-bond donors (Lipinski definition) is 0. The molecule has 4 heteroatoms. The number of amides is 1. The average molecular weight is 260 g/mol. The minimum atomic E-state index is -0.105. The van der Waals surface area contributed by atoms with Crippen LogP contribution >= 0.6 is 0 Å².